The summed E-state index contributed by atoms with van der Waals surface area (Å²) in [4.78, 5) is 2.00. The number of alkyl halides is 3. The predicted octanol–water partition coefficient (Wildman–Crippen LogP) is 4.93. The normalized spacial score (nSPS) is 15.5. The van der Waals surface area contributed by atoms with Crippen LogP contribution in [0.3, 0.4) is 0 Å². The summed E-state index contributed by atoms with van der Waals surface area (Å²) in [5, 5.41) is 0.199. The molecule has 1 aliphatic heterocycles. The quantitative estimate of drug-likeness (QED) is 0.708. The SMILES string of the molecule is Fc1ccc(Cc2cc(C(F)(F)F)ccc2N2CCOCC2)c(Cl)c1. The van der Waals surface area contributed by atoms with Gasteiger partial charge in [0.2, 0.25) is 0 Å². The van der Waals surface area contributed by atoms with Crippen LogP contribution in [0, 0.1) is 5.82 Å². The third-order valence-corrected chi connectivity index (χ3v) is 4.51. The molecule has 0 atom stereocenters. The molecule has 0 aliphatic carbocycles. The molecule has 0 amide bonds. The van der Waals surface area contributed by atoms with Crippen molar-refractivity contribution < 1.29 is 22.3 Å². The third-order valence-electron chi connectivity index (χ3n) is 4.15. The molecule has 25 heavy (non-hydrogen) atoms. The van der Waals surface area contributed by atoms with Gasteiger partial charge in [0.25, 0.3) is 0 Å². The molecule has 2 aromatic carbocycles. The van der Waals surface area contributed by atoms with E-state index in [-0.39, 0.29) is 11.4 Å². The minimum atomic E-state index is -4.43. The maximum Gasteiger partial charge on any atom is 0.416 e. The van der Waals surface area contributed by atoms with Gasteiger partial charge in [-0.2, -0.15) is 13.2 Å². The fraction of sp³-hybridized carbons (Fsp3) is 0.333. The van der Waals surface area contributed by atoms with Crippen molar-refractivity contribution >= 4 is 17.3 Å². The number of morpholine rings is 1. The Morgan fingerprint density at radius 3 is 2.36 bits per heavy atom. The Hall–Kier alpha value is -1.79. The second-order valence-corrected chi connectivity index (χ2v) is 6.26. The molecule has 1 fully saturated rings. The lowest BCUT2D eigenvalue weighted by atomic mass is 9.99. The first-order valence-corrected chi connectivity index (χ1v) is 8.19. The topological polar surface area (TPSA) is 12.5 Å². The molecule has 0 bridgehead atoms. The highest BCUT2D eigenvalue weighted by molar-refractivity contribution is 6.31. The van der Waals surface area contributed by atoms with Crippen molar-refractivity contribution in [2.75, 3.05) is 31.2 Å². The standard InChI is InChI=1S/C18H16ClF4NO/c19-16-11-15(20)3-1-12(16)9-13-10-14(18(21,22)23)2-4-17(13)24-5-7-25-8-6-24/h1-4,10-11H,5-9H2. The summed E-state index contributed by atoms with van der Waals surface area (Å²) in [6.07, 6.45) is -4.24. The number of hydrogen-bond donors (Lipinski definition) is 0. The van der Waals surface area contributed by atoms with Crippen LogP contribution in [-0.4, -0.2) is 26.3 Å². The molecule has 2 nitrogen and oxygen atoms in total. The van der Waals surface area contributed by atoms with Gasteiger partial charge in [-0.25, -0.2) is 4.39 Å². The van der Waals surface area contributed by atoms with E-state index in [1.54, 1.807) is 0 Å². The Morgan fingerprint density at radius 1 is 1.00 bits per heavy atom. The molecule has 1 aliphatic rings. The van der Waals surface area contributed by atoms with Gasteiger partial charge in [0, 0.05) is 30.2 Å². The average molecular weight is 374 g/mol. The lowest BCUT2D eigenvalue weighted by Gasteiger charge is -2.31. The third kappa shape index (κ3) is 4.25. The minimum Gasteiger partial charge on any atom is -0.378 e. The van der Waals surface area contributed by atoms with Crippen LogP contribution in [-0.2, 0) is 17.3 Å². The number of hydrogen-bond acceptors (Lipinski definition) is 2. The molecule has 0 unspecified atom stereocenters. The second kappa shape index (κ2) is 7.22. The van der Waals surface area contributed by atoms with Gasteiger partial charge in [-0.1, -0.05) is 17.7 Å². The van der Waals surface area contributed by atoms with Crippen molar-refractivity contribution in [3.8, 4) is 0 Å². The highest BCUT2D eigenvalue weighted by Crippen LogP contribution is 2.35. The number of ether oxygens (including phenoxy) is 1. The van der Waals surface area contributed by atoms with Crippen molar-refractivity contribution in [2.45, 2.75) is 12.6 Å². The molecular weight excluding hydrogens is 358 g/mol. The molecule has 3 rings (SSSR count). The van der Waals surface area contributed by atoms with E-state index in [2.05, 4.69) is 0 Å². The van der Waals surface area contributed by atoms with Gasteiger partial charge < -0.3 is 9.64 Å². The zero-order valence-electron chi connectivity index (χ0n) is 13.2. The second-order valence-electron chi connectivity index (χ2n) is 5.85. The van der Waals surface area contributed by atoms with Crippen LogP contribution >= 0.6 is 11.6 Å². The van der Waals surface area contributed by atoms with Gasteiger partial charge in [0.05, 0.1) is 18.8 Å². The van der Waals surface area contributed by atoms with Crippen LogP contribution in [0.15, 0.2) is 36.4 Å². The first kappa shape index (κ1) is 18.0. The first-order valence-electron chi connectivity index (χ1n) is 7.81. The van der Waals surface area contributed by atoms with Gasteiger partial charge in [0.15, 0.2) is 0 Å². The molecule has 134 valence electrons. The van der Waals surface area contributed by atoms with Gasteiger partial charge in [-0.05, 0) is 41.5 Å². The highest BCUT2D eigenvalue weighted by Gasteiger charge is 2.31. The Balaban J connectivity index is 2.00. The summed E-state index contributed by atoms with van der Waals surface area (Å²) in [6.45, 7) is 2.26. The fourth-order valence-corrected chi connectivity index (χ4v) is 3.12. The van der Waals surface area contributed by atoms with E-state index >= 15 is 0 Å². The van der Waals surface area contributed by atoms with Crippen LogP contribution in [0.2, 0.25) is 5.02 Å². The highest BCUT2D eigenvalue weighted by atomic mass is 35.5. The van der Waals surface area contributed by atoms with Crippen LogP contribution in [0.4, 0.5) is 23.2 Å². The van der Waals surface area contributed by atoms with Crippen molar-refractivity contribution in [3.05, 3.63) is 63.9 Å². The number of halogens is 5. The van der Waals surface area contributed by atoms with E-state index in [0.29, 0.717) is 37.4 Å². The lowest BCUT2D eigenvalue weighted by Crippen LogP contribution is -2.36. The molecule has 7 heteroatoms. The van der Waals surface area contributed by atoms with Crippen molar-refractivity contribution in [2.24, 2.45) is 0 Å². The molecule has 1 heterocycles. The number of benzene rings is 2. The van der Waals surface area contributed by atoms with E-state index in [9.17, 15) is 17.6 Å². The van der Waals surface area contributed by atoms with Crippen molar-refractivity contribution in [1.82, 2.24) is 0 Å². The summed E-state index contributed by atoms with van der Waals surface area (Å²) in [6, 6.07) is 7.63. The van der Waals surface area contributed by atoms with Crippen LogP contribution in [0.1, 0.15) is 16.7 Å². The fourth-order valence-electron chi connectivity index (χ4n) is 2.89. The molecule has 0 saturated carbocycles. The Labute approximate surface area is 148 Å². The van der Waals surface area contributed by atoms with E-state index in [1.807, 2.05) is 4.90 Å². The summed E-state index contributed by atoms with van der Waals surface area (Å²) < 4.78 is 57.8. The molecule has 2 aromatic rings. The molecule has 0 radical (unpaired) electrons. The molecule has 0 N–H and O–H groups in total. The van der Waals surface area contributed by atoms with Gasteiger partial charge in [-0.15, -0.1) is 0 Å². The van der Waals surface area contributed by atoms with E-state index < -0.39 is 17.6 Å². The lowest BCUT2D eigenvalue weighted by molar-refractivity contribution is -0.137. The Kier molecular flexibility index (Phi) is 5.20. The Morgan fingerprint density at radius 2 is 1.72 bits per heavy atom. The predicted molar refractivity (Wildman–Crippen MR) is 88.7 cm³/mol. The largest absolute Gasteiger partial charge is 0.416 e. The molecule has 0 aromatic heterocycles. The number of anilines is 1. The monoisotopic (exact) mass is 373 g/mol. The van der Waals surface area contributed by atoms with Crippen molar-refractivity contribution in [3.63, 3.8) is 0 Å². The van der Waals surface area contributed by atoms with Gasteiger partial charge in [0.1, 0.15) is 5.82 Å². The number of rotatable bonds is 3. The first-order chi connectivity index (χ1) is 11.8. The summed E-state index contributed by atoms with van der Waals surface area (Å²) in [5.41, 5.74) is 1.09. The van der Waals surface area contributed by atoms with Crippen LogP contribution in [0.25, 0.3) is 0 Å². The maximum atomic E-state index is 13.2. The minimum absolute atomic E-state index is 0.190. The number of nitrogens with zero attached hydrogens (tertiary/aromatic N) is 1. The molecular formula is C18H16ClF4NO. The molecule has 1 saturated heterocycles. The van der Waals surface area contributed by atoms with E-state index in [1.165, 1.54) is 24.3 Å². The molecule has 0 spiro atoms. The van der Waals surface area contributed by atoms with Crippen LogP contribution in [0.5, 0.6) is 0 Å². The summed E-state index contributed by atoms with van der Waals surface area (Å²) in [7, 11) is 0. The summed E-state index contributed by atoms with van der Waals surface area (Å²) >= 11 is 6.05. The van der Waals surface area contributed by atoms with E-state index in [0.717, 1.165) is 17.8 Å². The zero-order valence-corrected chi connectivity index (χ0v) is 14.0. The zero-order chi connectivity index (χ0) is 18.0. The Bertz CT molecular complexity index is 757. The average Bonchev–Trinajstić information content (AvgIpc) is 2.57. The van der Waals surface area contributed by atoms with E-state index in [4.69, 9.17) is 16.3 Å². The van der Waals surface area contributed by atoms with Gasteiger partial charge >= 0.3 is 6.18 Å². The van der Waals surface area contributed by atoms with Crippen molar-refractivity contribution in [1.29, 1.82) is 0 Å². The maximum absolute atomic E-state index is 13.2. The smallest absolute Gasteiger partial charge is 0.378 e. The van der Waals surface area contributed by atoms with Crippen LogP contribution < -0.4 is 4.90 Å². The summed E-state index contributed by atoms with van der Waals surface area (Å²) in [5.74, 6) is -0.480. The van der Waals surface area contributed by atoms with Gasteiger partial charge in [-0.3, -0.25) is 0 Å².